The van der Waals surface area contributed by atoms with Crippen molar-refractivity contribution in [1.82, 2.24) is 0 Å². The average molecular weight is 287 g/mol. The Morgan fingerprint density at radius 2 is 2.00 bits per heavy atom. The van der Waals surface area contributed by atoms with Crippen molar-refractivity contribution in [2.45, 2.75) is 38.9 Å². The van der Waals surface area contributed by atoms with E-state index >= 15 is 0 Å². The molecule has 21 heavy (non-hydrogen) atoms. The third-order valence-corrected chi connectivity index (χ3v) is 3.59. The van der Waals surface area contributed by atoms with E-state index in [2.05, 4.69) is 4.99 Å². The predicted octanol–water partition coefficient (Wildman–Crippen LogP) is 1.50. The molecule has 0 amide bonds. The lowest BCUT2D eigenvalue weighted by Gasteiger charge is -2.37. The van der Waals surface area contributed by atoms with Crippen molar-refractivity contribution in [3.63, 3.8) is 0 Å². The molecule has 3 N–H and O–H groups in total. The van der Waals surface area contributed by atoms with E-state index in [0.717, 1.165) is 11.0 Å². The van der Waals surface area contributed by atoms with Gasteiger partial charge in [0.05, 0.1) is 11.2 Å². The van der Waals surface area contributed by atoms with Crippen LogP contribution in [0, 0.1) is 0 Å². The van der Waals surface area contributed by atoms with Crippen LogP contribution in [0.2, 0.25) is 0 Å². The van der Waals surface area contributed by atoms with Crippen LogP contribution >= 0.6 is 0 Å². The van der Waals surface area contributed by atoms with Gasteiger partial charge in [0.15, 0.2) is 0 Å². The van der Waals surface area contributed by atoms with Crippen LogP contribution in [0.5, 0.6) is 0 Å². The van der Waals surface area contributed by atoms with Crippen LogP contribution in [0.15, 0.2) is 35.3 Å². The second-order valence-corrected chi connectivity index (χ2v) is 5.96. The molecule has 0 aliphatic rings. The Kier molecular flexibility index (Phi) is 5.75. The largest absolute Gasteiger partial charge is 0.427 e. The maximum atomic E-state index is 10.1. The van der Waals surface area contributed by atoms with Gasteiger partial charge in [0.25, 0.3) is 0 Å². The molecule has 0 heterocycles. The maximum absolute atomic E-state index is 10.1. The Morgan fingerprint density at radius 1 is 1.33 bits per heavy atom. The van der Waals surface area contributed by atoms with Crippen molar-refractivity contribution in [1.29, 1.82) is 0 Å². The standard InChI is InChI=1S/C16H24BN2O2/c1-15(2,20)16(3,4)21-17-13-8-6-7-12(11-13)14(18)9-10-19-5/h6-11,20H,18H2,1-5H3/b14-9-,19-10?. The molecule has 113 valence electrons. The highest BCUT2D eigenvalue weighted by molar-refractivity contribution is 6.47. The number of benzene rings is 1. The summed E-state index contributed by atoms with van der Waals surface area (Å²) in [7, 11) is 3.34. The van der Waals surface area contributed by atoms with Gasteiger partial charge in [-0.15, -0.1) is 0 Å². The van der Waals surface area contributed by atoms with Crippen LogP contribution < -0.4 is 11.2 Å². The quantitative estimate of drug-likeness (QED) is 0.615. The van der Waals surface area contributed by atoms with Crippen molar-refractivity contribution >= 4 is 24.9 Å². The molecule has 0 atom stereocenters. The van der Waals surface area contributed by atoms with Gasteiger partial charge in [-0.25, -0.2) is 0 Å². The summed E-state index contributed by atoms with van der Waals surface area (Å²) in [5.41, 5.74) is 6.75. The van der Waals surface area contributed by atoms with E-state index in [4.69, 9.17) is 10.4 Å². The summed E-state index contributed by atoms with van der Waals surface area (Å²) >= 11 is 0. The molecular formula is C16H24BN2O2. The van der Waals surface area contributed by atoms with Crippen LogP contribution in [-0.2, 0) is 4.65 Å². The molecule has 0 saturated heterocycles. The minimum atomic E-state index is -0.947. The zero-order valence-corrected chi connectivity index (χ0v) is 13.4. The number of aliphatic hydroxyl groups is 1. The summed E-state index contributed by atoms with van der Waals surface area (Å²) in [6, 6.07) is 7.68. The first-order chi connectivity index (χ1) is 9.67. The normalized spacial score (nSPS) is 13.7. The molecule has 0 aromatic heterocycles. The average Bonchev–Trinajstić information content (AvgIpc) is 2.41. The maximum Gasteiger partial charge on any atom is 0.330 e. The van der Waals surface area contributed by atoms with Gasteiger partial charge in [-0.05, 0) is 39.3 Å². The Bertz CT molecular complexity index is 531. The van der Waals surface area contributed by atoms with E-state index in [1.807, 2.05) is 38.1 Å². The van der Waals surface area contributed by atoms with Gasteiger partial charge >= 0.3 is 7.48 Å². The molecule has 0 spiro atoms. The topological polar surface area (TPSA) is 67.8 Å². The number of rotatable bonds is 6. The molecule has 4 nitrogen and oxygen atoms in total. The molecule has 0 saturated carbocycles. The fourth-order valence-corrected chi connectivity index (χ4v) is 1.40. The lowest BCUT2D eigenvalue weighted by atomic mass is 9.82. The Balaban J connectivity index is 2.83. The van der Waals surface area contributed by atoms with E-state index in [9.17, 15) is 5.11 Å². The summed E-state index contributed by atoms with van der Waals surface area (Å²) in [5.74, 6) is 0. The van der Waals surface area contributed by atoms with Gasteiger partial charge in [-0.1, -0.05) is 29.7 Å². The molecule has 1 aromatic carbocycles. The van der Waals surface area contributed by atoms with Crippen molar-refractivity contribution in [3.05, 3.63) is 35.9 Å². The molecule has 0 aliphatic heterocycles. The summed E-state index contributed by atoms with van der Waals surface area (Å²) < 4.78 is 5.73. The summed E-state index contributed by atoms with van der Waals surface area (Å²) in [5, 5.41) is 10.1. The third kappa shape index (κ3) is 5.03. The number of aliphatic imine (C=N–C) groups is 1. The summed E-state index contributed by atoms with van der Waals surface area (Å²) in [6.07, 6.45) is 3.40. The van der Waals surface area contributed by atoms with E-state index < -0.39 is 11.2 Å². The molecule has 0 bridgehead atoms. The number of nitrogens with zero attached hydrogens (tertiary/aromatic N) is 1. The smallest absolute Gasteiger partial charge is 0.330 e. The van der Waals surface area contributed by atoms with Crippen LogP contribution in [0.25, 0.3) is 5.70 Å². The Morgan fingerprint density at radius 3 is 2.57 bits per heavy atom. The molecule has 0 unspecified atom stereocenters. The fourth-order valence-electron chi connectivity index (χ4n) is 1.40. The van der Waals surface area contributed by atoms with Crippen molar-refractivity contribution in [2.24, 2.45) is 10.7 Å². The van der Waals surface area contributed by atoms with Crippen molar-refractivity contribution < 1.29 is 9.76 Å². The molecule has 5 heteroatoms. The van der Waals surface area contributed by atoms with Gasteiger partial charge in [0, 0.05) is 19.0 Å². The summed E-state index contributed by atoms with van der Waals surface area (Å²) in [6.45, 7) is 7.14. The van der Waals surface area contributed by atoms with E-state index in [1.54, 1.807) is 40.7 Å². The molecule has 1 rings (SSSR count). The van der Waals surface area contributed by atoms with E-state index in [0.29, 0.717) is 5.70 Å². The molecule has 0 aliphatic carbocycles. The van der Waals surface area contributed by atoms with Crippen LogP contribution in [0.4, 0.5) is 0 Å². The first-order valence-electron chi connectivity index (χ1n) is 6.89. The van der Waals surface area contributed by atoms with Crippen molar-refractivity contribution in [3.8, 4) is 0 Å². The van der Waals surface area contributed by atoms with Gasteiger partial charge < -0.3 is 15.5 Å². The molecular weight excluding hydrogens is 263 g/mol. The Labute approximate surface area is 128 Å². The van der Waals surface area contributed by atoms with Gasteiger partial charge in [0.1, 0.15) is 0 Å². The van der Waals surface area contributed by atoms with E-state index in [1.165, 1.54) is 0 Å². The fraction of sp³-hybridized carbons (Fsp3) is 0.438. The number of nitrogens with two attached hydrogens (primary N) is 1. The molecule has 1 aromatic rings. The lowest BCUT2D eigenvalue weighted by molar-refractivity contribution is -0.0893. The number of hydrogen-bond donors (Lipinski definition) is 2. The zero-order chi connectivity index (χ0) is 16.1. The van der Waals surface area contributed by atoms with Crippen molar-refractivity contribution in [2.75, 3.05) is 7.05 Å². The monoisotopic (exact) mass is 287 g/mol. The summed E-state index contributed by atoms with van der Waals surface area (Å²) in [4.78, 5) is 3.88. The highest BCUT2D eigenvalue weighted by Crippen LogP contribution is 2.24. The number of allylic oxidation sites excluding steroid dienone is 1. The highest BCUT2D eigenvalue weighted by Gasteiger charge is 2.35. The predicted molar refractivity (Wildman–Crippen MR) is 89.9 cm³/mol. The van der Waals surface area contributed by atoms with Crippen LogP contribution in [-0.4, -0.2) is 37.1 Å². The molecule has 1 radical (unpaired) electrons. The van der Waals surface area contributed by atoms with E-state index in [-0.39, 0.29) is 0 Å². The SMILES string of the molecule is CN=C/C=C(\N)c1cccc([B]OC(C)(C)C(C)(C)O)c1. The zero-order valence-electron chi connectivity index (χ0n) is 13.4. The molecule has 0 fully saturated rings. The third-order valence-electron chi connectivity index (χ3n) is 3.59. The van der Waals surface area contributed by atoms with Gasteiger partial charge in [-0.2, -0.15) is 0 Å². The highest BCUT2D eigenvalue weighted by atomic mass is 16.5. The van der Waals surface area contributed by atoms with Crippen LogP contribution in [0.1, 0.15) is 33.3 Å². The van der Waals surface area contributed by atoms with Gasteiger partial charge in [-0.3, -0.25) is 4.99 Å². The lowest BCUT2D eigenvalue weighted by Crippen LogP contribution is -2.49. The van der Waals surface area contributed by atoms with Gasteiger partial charge in [0.2, 0.25) is 0 Å². The minimum absolute atomic E-state index is 0.637. The Hall–Kier alpha value is -1.59. The number of hydrogen-bond acceptors (Lipinski definition) is 4. The second kappa shape index (κ2) is 6.92. The first-order valence-corrected chi connectivity index (χ1v) is 6.89. The minimum Gasteiger partial charge on any atom is -0.427 e. The van der Waals surface area contributed by atoms with Crippen LogP contribution in [0.3, 0.4) is 0 Å². The first kappa shape index (κ1) is 17.5. The second-order valence-electron chi connectivity index (χ2n) is 5.96.